The van der Waals surface area contributed by atoms with Crippen LogP contribution < -0.4 is 5.32 Å². The fourth-order valence-corrected chi connectivity index (χ4v) is 3.24. The Balaban J connectivity index is 2.13. The molecule has 1 aromatic rings. The lowest BCUT2D eigenvalue weighted by atomic mass is 9.76. The van der Waals surface area contributed by atoms with Gasteiger partial charge in [0.05, 0.1) is 10.7 Å². The number of aromatic nitrogens is 1. The average molecular weight is 282 g/mol. The van der Waals surface area contributed by atoms with Gasteiger partial charge in [-0.3, -0.25) is 4.79 Å². The molecule has 1 aliphatic carbocycles. The fraction of sp³-hybridized carbons (Fsp3) is 0.615. The Kier molecular flexibility index (Phi) is 3.89. The maximum absolute atomic E-state index is 12.2. The summed E-state index contributed by atoms with van der Waals surface area (Å²) in [6.45, 7) is 3.85. The third kappa shape index (κ3) is 2.63. The molecule has 19 heavy (non-hydrogen) atoms. The molecule has 1 heterocycles. The molecule has 1 fully saturated rings. The number of aryl methyl sites for hydroxylation is 2. The van der Waals surface area contributed by atoms with Crippen molar-refractivity contribution >= 4 is 23.2 Å². The maximum atomic E-state index is 12.2. The second-order valence-corrected chi connectivity index (χ2v) is 6.05. The maximum Gasteiger partial charge on any atom is 0.329 e. The second kappa shape index (κ2) is 5.28. The van der Waals surface area contributed by atoms with E-state index < -0.39 is 11.5 Å². The molecule has 104 valence electrons. The van der Waals surface area contributed by atoms with Gasteiger partial charge >= 0.3 is 5.97 Å². The van der Waals surface area contributed by atoms with Crippen molar-refractivity contribution in [2.45, 2.75) is 51.5 Å². The smallest absolute Gasteiger partial charge is 0.329 e. The Morgan fingerprint density at radius 3 is 2.63 bits per heavy atom. The van der Waals surface area contributed by atoms with Crippen LogP contribution in [-0.4, -0.2) is 27.5 Å². The first-order valence-corrected chi connectivity index (χ1v) is 7.32. The molecule has 0 bridgehead atoms. The molecule has 0 saturated heterocycles. The molecule has 5 nitrogen and oxygen atoms in total. The molecule has 2 N–H and O–H groups in total. The summed E-state index contributed by atoms with van der Waals surface area (Å²) in [5.41, 5.74) is -0.371. The van der Waals surface area contributed by atoms with E-state index in [1.165, 1.54) is 11.3 Å². The molecule has 1 aromatic heterocycles. The summed E-state index contributed by atoms with van der Waals surface area (Å²) in [6.07, 6.45) is 3.69. The second-order valence-electron chi connectivity index (χ2n) is 4.97. The topological polar surface area (TPSA) is 79.3 Å². The lowest BCUT2D eigenvalue weighted by Crippen LogP contribution is -2.59. The van der Waals surface area contributed by atoms with E-state index in [1.807, 2.05) is 0 Å². The van der Waals surface area contributed by atoms with Gasteiger partial charge in [0, 0.05) is 0 Å². The Hall–Kier alpha value is -1.43. The highest BCUT2D eigenvalue weighted by atomic mass is 32.1. The van der Waals surface area contributed by atoms with Gasteiger partial charge in [0.2, 0.25) is 0 Å². The number of amides is 1. The summed E-state index contributed by atoms with van der Waals surface area (Å²) in [5, 5.41) is 12.8. The van der Waals surface area contributed by atoms with Crippen molar-refractivity contribution in [1.29, 1.82) is 0 Å². The molecule has 6 heteroatoms. The van der Waals surface area contributed by atoms with Crippen molar-refractivity contribution in [3.05, 3.63) is 15.6 Å². The number of carbonyl (C=O) groups is 2. The quantitative estimate of drug-likeness (QED) is 0.867. The van der Waals surface area contributed by atoms with E-state index in [1.54, 1.807) is 6.92 Å². The van der Waals surface area contributed by atoms with Crippen LogP contribution in [0.1, 0.15) is 53.0 Å². The number of carboxylic acids is 1. The van der Waals surface area contributed by atoms with Gasteiger partial charge in [-0.2, -0.15) is 0 Å². The standard InChI is InChI=1S/C13H18N2O3S/c1-3-5-9-14-8(2)10(19-9)11(16)15-13(12(17)18)6-4-7-13/h3-7H2,1-2H3,(H,15,16)(H,17,18). The van der Waals surface area contributed by atoms with Crippen LogP contribution >= 0.6 is 11.3 Å². The molecule has 1 aliphatic rings. The number of aliphatic carboxylic acids is 1. The summed E-state index contributed by atoms with van der Waals surface area (Å²) in [6, 6.07) is 0. The number of carboxylic acid groups (broad SMARTS) is 1. The van der Waals surface area contributed by atoms with Crippen LogP contribution in [0.3, 0.4) is 0 Å². The molecule has 0 unspecified atom stereocenters. The van der Waals surface area contributed by atoms with E-state index >= 15 is 0 Å². The number of nitrogens with zero attached hydrogens (tertiary/aromatic N) is 1. The minimum Gasteiger partial charge on any atom is -0.480 e. The average Bonchev–Trinajstić information content (AvgIpc) is 2.64. The molecule has 2 rings (SSSR count). The van der Waals surface area contributed by atoms with Gasteiger partial charge in [0.1, 0.15) is 10.4 Å². The molecule has 0 atom stereocenters. The van der Waals surface area contributed by atoms with Crippen LogP contribution in [0.15, 0.2) is 0 Å². The number of thiazole rings is 1. The predicted octanol–water partition coefficient (Wildman–Crippen LogP) is 2.14. The fourth-order valence-electron chi connectivity index (χ4n) is 2.18. The van der Waals surface area contributed by atoms with E-state index in [4.69, 9.17) is 0 Å². The number of hydrogen-bond donors (Lipinski definition) is 2. The van der Waals surface area contributed by atoms with E-state index in [0.717, 1.165) is 24.3 Å². The minimum absolute atomic E-state index is 0.306. The van der Waals surface area contributed by atoms with Gasteiger partial charge < -0.3 is 10.4 Å². The van der Waals surface area contributed by atoms with Crippen molar-refractivity contribution in [2.24, 2.45) is 0 Å². The van der Waals surface area contributed by atoms with E-state index in [2.05, 4.69) is 17.2 Å². The zero-order valence-electron chi connectivity index (χ0n) is 11.2. The molecule has 1 amide bonds. The highest BCUT2D eigenvalue weighted by molar-refractivity contribution is 7.13. The van der Waals surface area contributed by atoms with Crippen LogP contribution in [0.25, 0.3) is 0 Å². The van der Waals surface area contributed by atoms with Gasteiger partial charge in [-0.05, 0) is 39.0 Å². The zero-order valence-corrected chi connectivity index (χ0v) is 12.0. The SMILES string of the molecule is CCCc1nc(C)c(C(=O)NC2(C(=O)O)CCC2)s1. The normalized spacial score (nSPS) is 16.7. The van der Waals surface area contributed by atoms with Crippen LogP contribution in [0, 0.1) is 6.92 Å². The molecule has 0 radical (unpaired) electrons. The van der Waals surface area contributed by atoms with E-state index in [9.17, 15) is 14.7 Å². The molecular weight excluding hydrogens is 264 g/mol. The highest BCUT2D eigenvalue weighted by Gasteiger charge is 2.46. The molecule has 1 saturated carbocycles. The number of hydrogen-bond acceptors (Lipinski definition) is 4. The summed E-state index contributed by atoms with van der Waals surface area (Å²) in [5.74, 6) is -1.25. The lowest BCUT2D eigenvalue weighted by molar-refractivity contribution is -0.148. The first-order chi connectivity index (χ1) is 8.98. The summed E-state index contributed by atoms with van der Waals surface area (Å²) in [7, 11) is 0. The molecule has 0 spiro atoms. The van der Waals surface area contributed by atoms with Crippen LogP contribution in [0.5, 0.6) is 0 Å². The van der Waals surface area contributed by atoms with Gasteiger partial charge in [-0.15, -0.1) is 11.3 Å². The van der Waals surface area contributed by atoms with Crippen LogP contribution in [0.4, 0.5) is 0 Å². The van der Waals surface area contributed by atoms with Crippen molar-refractivity contribution < 1.29 is 14.7 Å². The monoisotopic (exact) mass is 282 g/mol. The van der Waals surface area contributed by atoms with Crippen molar-refractivity contribution in [1.82, 2.24) is 10.3 Å². The Labute approximate surface area is 116 Å². The van der Waals surface area contributed by atoms with Gasteiger partial charge in [-0.1, -0.05) is 6.92 Å². The van der Waals surface area contributed by atoms with Crippen LogP contribution in [-0.2, 0) is 11.2 Å². The summed E-state index contributed by atoms with van der Waals surface area (Å²) >= 11 is 1.36. The molecule has 0 aliphatic heterocycles. The third-order valence-corrected chi connectivity index (χ3v) is 4.70. The minimum atomic E-state index is -1.06. The van der Waals surface area contributed by atoms with Crippen molar-refractivity contribution in [2.75, 3.05) is 0 Å². The van der Waals surface area contributed by atoms with Crippen molar-refractivity contribution in [3.8, 4) is 0 Å². The first kappa shape index (κ1) is 14.0. The van der Waals surface area contributed by atoms with Gasteiger partial charge in [0.15, 0.2) is 0 Å². The van der Waals surface area contributed by atoms with Crippen LogP contribution in [0.2, 0.25) is 0 Å². The van der Waals surface area contributed by atoms with Gasteiger partial charge in [-0.25, -0.2) is 9.78 Å². The molecular formula is C13H18N2O3S. The molecule has 0 aromatic carbocycles. The number of nitrogens with one attached hydrogen (secondary N) is 1. The van der Waals surface area contributed by atoms with E-state index in [-0.39, 0.29) is 5.91 Å². The van der Waals surface area contributed by atoms with Gasteiger partial charge in [0.25, 0.3) is 5.91 Å². The Bertz CT molecular complexity index is 506. The summed E-state index contributed by atoms with van der Waals surface area (Å²) < 4.78 is 0. The van der Waals surface area contributed by atoms with Crippen molar-refractivity contribution in [3.63, 3.8) is 0 Å². The first-order valence-electron chi connectivity index (χ1n) is 6.51. The largest absolute Gasteiger partial charge is 0.480 e. The highest BCUT2D eigenvalue weighted by Crippen LogP contribution is 2.33. The predicted molar refractivity (Wildman–Crippen MR) is 72.5 cm³/mol. The number of carbonyl (C=O) groups excluding carboxylic acids is 1. The van der Waals surface area contributed by atoms with E-state index in [0.29, 0.717) is 23.4 Å². The summed E-state index contributed by atoms with van der Waals surface area (Å²) in [4.78, 5) is 28.3. The Morgan fingerprint density at radius 1 is 1.47 bits per heavy atom. The number of rotatable bonds is 5. The Morgan fingerprint density at radius 2 is 2.16 bits per heavy atom. The zero-order chi connectivity index (χ0) is 14.0. The third-order valence-electron chi connectivity index (χ3n) is 3.48. The lowest BCUT2D eigenvalue weighted by Gasteiger charge is -2.38.